The van der Waals surface area contributed by atoms with E-state index in [4.69, 9.17) is 10.2 Å². The molecule has 4 N–H and O–H groups in total. The first-order valence-electron chi connectivity index (χ1n) is 7.54. The van der Waals surface area contributed by atoms with Crippen LogP contribution in [0.4, 0.5) is 11.4 Å². The summed E-state index contributed by atoms with van der Waals surface area (Å²) in [7, 11) is 0. The van der Waals surface area contributed by atoms with Gasteiger partial charge in [-0.05, 0) is 44.5 Å². The smallest absolute Gasteiger partial charge is 0.408 e. The summed E-state index contributed by atoms with van der Waals surface area (Å²) in [5.74, 6) is 0.222. The Morgan fingerprint density at radius 2 is 2.19 bits per heavy atom. The third-order valence-corrected chi connectivity index (χ3v) is 4.33. The maximum absolute atomic E-state index is 11.2. The Kier molecular flexibility index (Phi) is 3.88. The molecule has 0 saturated carbocycles. The predicted molar refractivity (Wildman–Crippen MR) is 84.6 cm³/mol. The number of piperidine rings is 1. The summed E-state index contributed by atoms with van der Waals surface area (Å²) in [6.45, 7) is 6.60. The average Bonchev–Trinajstić information content (AvgIpc) is 2.84. The van der Waals surface area contributed by atoms with Gasteiger partial charge in [-0.2, -0.15) is 0 Å². The number of fused-ring (bicyclic) bond motifs is 1. The lowest BCUT2D eigenvalue weighted by Gasteiger charge is -2.31. The molecule has 0 aliphatic carbocycles. The van der Waals surface area contributed by atoms with Crippen molar-refractivity contribution in [1.29, 1.82) is 0 Å². The zero-order valence-corrected chi connectivity index (χ0v) is 12.3. The Labute approximate surface area is 123 Å². The molecule has 2 aromatic rings. The minimum Gasteiger partial charge on any atom is -0.408 e. The minimum atomic E-state index is -0.450. The predicted octanol–water partition coefficient (Wildman–Crippen LogP) is 1.85. The van der Waals surface area contributed by atoms with Gasteiger partial charge in [0.25, 0.3) is 0 Å². The Balaban J connectivity index is 1.65. The molecule has 1 saturated heterocycles. The third-order valence-electron chi connectivity index (χ3n) is 4.33. The molecule has 6 heteroatoms. The van der Waals surface area contributed by atoms with Crippen molar-refractivity contribution in [2.24, 2.45) is 5.92 Å². The van der Waals surface area contributed by atoms with Crippen molar-refractivity contribution in [3.05, 3.63) is 22.7 Å². The van der Waals surface area contributed by atoms with Crippen LogP contribution < -0.4 is 16.8 Å². The number of hydrogen-bond donors (Lipinski definition) is 3. The van der Waals surface area contributed by atoms with Crippen molar-refractivity contribution >= 4 is 22.5 Å². The molecule has 1 aliphatic rings. The number of rotatable bonds is 4. The second kappa shape index (κ2) is 5.81. The second-order valence-electron chi connectivity index (χ2n) is 5.71. The first kappa shape index (κ1) is 14.0. The molecule has 6 nitrogen and oxygen atoms in total. The molecule has 114 valence electrons. The van der Waals surface area contributed by atoms with Gasteiger partial charge in [0.05, 0.1) is 16.9 Å². The number of hydrogen-bond acceptors (Lipinski definition) is 5. The average molecular weight is 290 g/mol. The van der Waals surface area contributed by atoms with E-state index in [1.54, 1.807) is 6.07 Å². The molecule has 1 aromatic heterocycles. The van der Waals surface area contributed by atoms with Gasteiger partial charge in [-0.15, -0.1) is 0 Å². The van der Waals surface area contributed by atoms with Gasteiger partial charge in [0.15, 0.2) is 5.58 Å². The van der Waals surface area contributed by atoms with E-state index in [9.17, 15) is 4.79 Å². The number of likely N-dealkylation sites (tertiary alicyclic amines) is 1. The molecule has 0 atom stereocenters. The van der Waals surface area contributed by atoms with Gasteiger partial charge >= 0.3 is 5.76 Å². The van der Waals surface area contributed by atoms with Crippen LogP contribution in [-0.4, -0.2) is 36.1 Å². The van der Waals surface area contributed by atoms with Crippen molar-refractivity contribution < 1.29 is 4.42 Å². The van der Waals surface area contributed by atoms with Crippen LogP contribution >= 0.6 is 0 Å². The molecule has 0 unspecified atom stereocenters. The van der Waals surface area contributed by atoms with Crippen LogP contribution in [0.15, 0.2) is 21.3 Å². The van der Waals surface area contributed by atoms with Crippen molar-refractivity contribution in [1.82, 2.24) is 9.88 Å². The SMILES string of the molecule is CCN1CCC(CNc2cc3[nH]c(=O)oc3cc2N)CC1. The monoisotopic (exact) mass is 290 g/mol. The van der Waals surface area contributed by atoms with Crippen molar-refractivity contribution in [3.63, 3.8) is 0 Å². The van der Waals surface area contributed by atoms with Crippen LogP contribution in [0.1, 0.15) is 19.8 Å². The lowest BCUT2D eigenvalue weighted by atomic mass is 9.96. The normalized spacial score (nSPS) is 17.4. The lowest BCUT2D eigenvalue weighted by Crippen LogP contribution is -2.35. The van der Waals surface area contributed by atoms with E-state index in [-0.39, 0.29) is 0 Å². The summed E-state index contributed by atoms with van der Waals surface area (Å²) in [5.41, 5.74) is 8.65. The Morgan fingerprint density at radius 3 is 2.90 bits per heavy atom. The number of nitrogens with zero attached hydrogens (tertiary/aromatic N) is 1. The maximum Gasteiger partial charge on any atom is 0.417 e. The molecule has 21 heavy (non-hydrogen) atoms. The number of benzene rings is 1. The van der Waals surface area contributed by atoms with E-state index in [1.165, 1.54) is 25.9 Å². The molecular formula is C15H22N4O2. The van der Waals surface area contributed by atoms with Crippen LogP contribution in [0, 0.1) is 5.92 Å². The molecule has 0 amide bonds. The Hall–Kier alpha value is -1.95. The fourth-order valence-electron chi connectivity index (χ4n) is 2.93. The quantitative estimate of drug-likeness (QED) is 0.748. The van der Waals surface area contributed by atoms with Crippen molar-refractivity contribution in [2.45, 2.75) is 19.8 Å². The van der Waals surface area contributed by atoms with Crippen LogP contribution in [0.3, 0.4) is 0 Å². The highest BCUT2D eigenvalue weighted by atomic mass is 16.4. The zero-order valence-electron chi connectivity index (χ0n) is 12.3. The third kappa shape index (κ3) is 3.05. The minimum absolute atomic E-state index is 0.450. The van der Waals surface area contributed by atoms with Gasteiger partial charge in [-0.3, -0.25) is 4.98 Å². The van der Waals surface area contributed by atoms with E-state index in [0.717, 1.165) is 18.8 Å². The number of oxazole rings is 1. The summed E-state index contributed by atoms with van der Waals surface area (Å²) in [6.07, 6.45) is 2.43. The summed E-state index contributed by atoms with van der Waals surface area (Å²) in [5, 5.41) is 3.41. The van der Waals surface area contributed by atoms with E-state index < -0.39 is 5.76 Å². The first-order valence-corrected chi connectivity index (χ1v) is 7.54. The summed E-state index contributed by atoms with van der Waals surface area (Å²) in [6, 6.07) is 3.53. The number of nitrogens with one attached hydrogen (secondary N) is 2. The number of anilines is 2. The second-order valence-corrected chi connectivity index (χ2v) is 5.71. The number of nitrogen functional groups attached to an aromatic ring is 1. The van der Waals surface area contributed by atoms with Gasteiger partial charge in [0, 0.05) is 12.6 Å². The fourth-order valence-corrected chi connectivity index (χ4v) is 2.93. The summed E-state index contributed by atoms with van der Waals surface area (Å²) >= 11 is 0. The van der Waals surface area contributed by atoms with E-state index in [0.29, 0.717) is 22.7 Å². The maximum atomic E-state index is 11.2. The van der Waals surface area contributed by atoms with E-state index in [1.807, 2.05) is 6.07 Å². The first-order chi connectivity index (χ1) is 10.2. The fraction of sp³-hybridized carbons (Fsp3) is 0.533. The van der Waals surface area contributed by atoms with Gasteiger partial charge < -0.3 is 20.4 Å². The van der Waals surface area contributed by atoms with Crippen molar-refractivity contribution in [3.8, 4) is 0 Å². The van der Waals surface area contributed by atoms with Gasteiger partial charge in [-0.25, -0.2) is 4.79 Å². The number of aromatic nitrogens is 1. The topological polar surface area (TPSA) is 87.3 Å². The standard InChI is InChI=1S/C15H22N4O2/c1-2-19-5-3-10(4-6-19)9-17-12-8-13-14(7-11(12)16)21-15(20)18-13/h7-8,10,17H,2-6,9,16H2,1H3,(H,18,20). The van der Waals surface area contributed by atoms with E-state index >= 15 is 0 Å². The van der Waals surface area contributed by atoms with Gasteiger partial charge in [0.2, 0.25) is 0 Å². The molecule has 1 aliphatic heterocycles. The molecule has 1 fully saturated rings. The molecule has 0 bridgehead atoms. The summed E-state index contributed by atoms with van der Waals surface area (Å²) in [4.78, 5) is 16.3. The molecular weight excluding hydrogens is 268 g/mol. The molecule has 0 radical (unpaired) electrons. The molecule has 3 rings (SSSR count). The Bertz CT molecular complexity index is 668. The molecule has 2 heterocycles. The van der Waals surface area contributed by atoms with Gasteiger partial charge in [0.1, 0.15) is 0 Å². The number of nitrogens with two attached hydrogens (primary N) is 1. The Morgan fingerprint density at radius 1 is 1.43 bits per heavy atom. The van der Waals surface area contributed by atoms with Gasteiger partial charge in [-0.1, -0.05) is 6.92 Å². The van der Waals surface area contributed by atoms with Crippen LogP contribution in [0.25, 0.3) is 11.1 Å². The largest absolute Gasteiger partial charge is 0.417 e. The van der Waals surface area contributed by atoms with E-state index in [2.05, 4.69) is 22.1 Å². The van der Waals surface area contributed by atoms with Crippen LogP contribution in [0.2, 0.25) is 0 Å². The lowest BCUT2D eigenvalue weighted by molar-refractivity contribution is 0.198. The molecule has 0 spiro atoms. The highest BCUT2D eigenvalue weighted by molar-refractivity contribution is 5.85. The number of aromatic amines is 1. The molecule has 1 aromatic carbocycles. The number of H-pyrrole nitrogens is 1. The zero-order chi connectivity index (χ0) is 14.8. The van der Waals surface area contributed by atoms with Crippen LogP contribution in [-0.2, 0) is 0 Å². The van der Waals surface area contributed by atoms with Crippen LogP contribution in [0.5, 0.6) is 0 Å². The summed E-state index contributed by atoms with van der Waals surface area (Å²) < 4.78 is 5.00. The highest BCUT2D eigenvalue weighted by Gasteiger charge is 2.18. The highest BCUT2D eigenvalue weighted by Crippen LogP contribution is 2.25. The van der Waals surface area contributed by atoms with Crippen molar-refractivity contribution in [2.75, 3.05) is 37.2 Å².